The molecular formula is C18H29N3O. The van der Waals surface area contributed by atoms with Crippen molar-refractivity contribution in [2.24, 2.45) is 10.9 Å². The first-order chi connectivity index (χ1) is 10.9. The minimum Gasteiger partial charge on any atom is -0.379 e. The first-order valence-electron chi connectivity index (χ1n) is 8.52. The number of ether oxygens (including phenoxy) is 1. The van der Waals surface area contributed by atoms with E-state index in [0.717, 1.165) is 57.6 Å². The Morgan fingerprint density at radius 2 is 2.05 bits per heavy atom. The molecule has 0 atom stereocenters. The second-order valence-electron chi connectivity index (χ2n) is 5.79. The summed E-state index contributed by atoms with van der Waals surface area (Å²) in [5.74, 6) is 1.73. The molecule has 122 valence electrons. The molecule has 1 saturated carbocycles. The molecule has 0 amide bonds. The fourth-order valence-corrected chi connectivity index (χ4v) is 2.24. The van der Waals surface area contributed by atoms with Crippen molar-refractivity contribution < 1.29 is 4.74 Å². The molecule has 1 aromatic carbocycles. The third kappa shape index (κ3) is 7.46. The van der Waals surface area contributed by atoms with Crippen LogP contribution < -0.4 is 10.6 Å². The zero-order valence-corrected chi connectivity index (χ0v) is 13.7. The van der Waals surface area contributed by atoms with Gasteiger partial charge >= 0.3 is 0 Å². The van der Waals surface area contributed by atoms with E-state index in [-0.39, 0.29) is 0 Å². The Balaban J connectivity index is 1.58. The second kappa shape index (κ2) is 10.2. The van der Waals surface area contributed by atoms with E-state index in [2.05, 4.69) is 52.9 Å². The Kier molecular flexibility index (Phi) is 7.81. The van der Waals surface area contributed by atoms with Crippen molar-refractivity contribution in [1.82, 2.24) is 10.6 Å². The molecule has 0 unspecified atom stereocenters. The summed E-state index contributed by atoms with van der Waals surface area (Å²) in [4.78, 5) is 4.61. The lowest BCUT2D eigenvalue weighted by atomic mass is 10.1. The average Bonchev–Trinajstić information content (AvgIpc) is 3.36. The first kappa shape index (κ1) is 16.8. The molecule has 0 saturated heterocycles. The minimum absolute atomic E-state index is 0.755. The van der Waals surface area contributed by atoms with Gasteiger partial charge in [0.05, 0.1) is 6.61 Å². The number of hydrogen-bond acceptors (Lipinski definition) is 2. The Morgan fingerprint density at radius 3 is 2.77 bits per heavy atom. The zero-order valence-electron chi connectivity index (χ0n) is 13.7. The van der Waals surface area contributed by atoms with Crippen LogP contribution >= 0.6 is 0 Å². The van der Waals surface area contributed by atoms with E-state index in [4.69, 9.17) is 4.74 Å². The third-order valence-electron chi connectivity index (χ3n) is 3.67. The normalized spacial score (nSPS) is 14.9. The molecule has 0 aliphatic heterocycles. The summed E-state index contributed by atoms with van der Waals surface area (Å²) in [6.45, 7) is 6.31. The molecule has 0 bridgehead atoms. The monoisotopic (exact) mass is 303 g/mol. The maximum Gasteiger partial charge on any atom is 0.191 e. The predicted octanol–water partition coefficient (Wildman–Crippen LogP) is 2.60. The van der Waals surface area contributed by atoms with E-state index in [1.807, 2.05) is 0 Å². The van der Waals surface area contributed by atoms with Crippen molar-refractivity contribution in [3.63, 3.8) is 0 Å². The summed E-state index contributed by atoms with van der Waals surface area (Å²) in [7, 11) is 0. The number of guanidine groups is 1. The fraction of sp³-hybridized carbons (Fsp3) is 0.611. The molecule has 0 aromatic heterocycles. The second-order valence-corrected chi connectivity index (χ2v) is 5.79. The number of rotatable bonds is 10. The molecule has 1 aliphatic rings. The summed E-state index contributed by atoms with van der Waals surface area (Å²) < 4.78 is 5.62. The number of aliphatic imine (C=N–C) groups is 1. The Morgan fingerprint density at radius 1 is 1.23 bits per heavy atom. The third-order valence-corrected chi connectivity index (χ3v) is 3.67. The van der Waals surface area contributed by atoms with Crippen LogP contribution in [-0.4, -0.2) is 38.8 Å². The summed E-state index contributed by atoms with van der Waals surface area (Å²) in [6.07, 6.45) is 4.84. The first-order valence-corrected chi connectivity index (χ1v) is 8.52. The molecule has 4 heteroatoms. The van der Waals surface area contributed by atoms with Gasteiger partial charge in [-0.1, -0.05) is 30.3 Å². The van der Waals surface area contributed by atoms with Gasteiger partial charge in [-0.3, -0.25) is 4.99 Å². The zero-order chi connectivity index (χ0) is 15.5. The van der Waals surface area contributed by atoms with E-state index in [9.17, 15) is 0 Å². The minimum atomic E-state index is 0.755. The van der Waals surface area contributed by atoms with E-state index < -0.39 is 0 Å². The van der Waals surface area contributed by atoms with Gasteiger partial charge < -0.3 is 15.4 Å². The number of nitrogens with one attached hydrogen (secondary N) is 2. The molecule has 1 aromatic rings. The van der Waals surface area contributed by atoms with E-state index in [1.165, 1.54) is 18.4 Å². The topological polar surface area (TPSA) is 45.7 Å². The Bertz CT molecular complexity index is 429. The molecule has 0 spiro atoms. The van der Waals surface area contributed by atoms with Crippen molar-refractivity contribution in [2.75, 3.05) is 32.8 Å². The summed E-state index contributed by atoms with van der Waals surface area (Å²) in [6, 6.07) is 10.6. The van der Waals surface area contributed by atoms with Crippen LogP contribution in [0, 0.1) is 5.92 Å². The SMILES string of the molecule is CCNC(=NCCCc1ccccc1)NCCOCC1CC1. The lowest BCUT2D eigenvalue weighted by Crippen LogP contribution is -2.39. The molecule has 2 rings (SSSR count). The predicted molar refractivity (Wildman–Crippen MR) is 92.3 cm³/mol. The Hall–Kier alpha value is -1.55. The summed E-state index contributed by atoms with van der Waals surface area (Å²) in [5, 5.41) is 6.60. The number of hydrogen-bond donors (Lipinski definition) is 2. The van der Waals surface area contributed by atoms with Crippen molar-refractivity contribution in [2.45, 2.75) is 32.6 Å². The molecule has 0 radical (unpaired) electrons. The average molecular weight is 303 g/mol. The molecule has 1 aliphatic carbocycles. The highest BCUT2D eigenvalue weighted by molar-refractivity contribution is 5.79. The van der Waals surface area contributed by atoms with Gasteiger partial charge in [0.15, 0.2) is 5.96 Å². The molecule has 2 N–H and O–H groups in total. The molecule has 22 heavy (non-hydrogen) atoms. The van der Waals surface area contributed by atoms with Crippen LogP contribution in [0.4, 0.5) is 0 Å². The van der Waals surface area contributed by atoms with Crippen molar-refractivity contribution >= 4 is 5.96 Å². The van der Waals surface area contributed by atoms with Gasteiger partial charge in [0.25, 0.3) is 0 Å². The van der Waals surface area contributed by atoms with E-state index in [1.54, 1.807) is 0 Å². The number of aryl methyl sites for hydroxylation is 1. The van der Waals surface area contributed by atoms with Crippen LogP contribution in [-0.2, 0) is 11.2 Å². The lowest BCUT2D eigenvalue weighted by molar-refractivity contribution is 0.129. The van der Waals surface area contributed by atoms with Crippen molar-refractivity contribution in [3.05, 3.63) is 35.9 Å². The molecule has 4 nitrogen and oxygen atoms in total. The van der Waals surface area contributed by atoms with Crippen LogP contribution in [0.2, 0.25) is 0 Å². The quantitative estimate of drug-likeness (QED) is 0.397. The maximum absolute atomic E-state index is 5.62. The number of nitrogens with zero attached hydrogens (tertiary/aromatic N) is 1. The fourth-order valence-electron chi connectivity index (χ4n) is 2.24. The largest absolute Gasteiger partial charge is 0.379 e. The van der Waals surface area contributed by atoms with Crippen LogP contribution in [0.1, 0.15) is 31.7 Å². The van der Waals surface area contributed by atoms with Crippen LogP contribution in [0.25, 0.3) is 0 Å². The summed E-state index contributed by atoms with van der Waals surface area (Å²) in [5.41, 5.74) is 1.38. The van der Waals surface area contributed by atoms with Gasteiger partial charge in [0.1, 0.15) is 0 Å². The van der Waals surface area contributed by atoms with Crippen molar-refractivity contribution in [1.29, 1.82) is 0 Å². The van der Waals surface area contributed by atoms with Gasteiger partial charge in [-0.15, -0.1) is 0 Å². The van der Waals surface area contributed by atoms with Crippen LogP contribution in [0.5, 0.6) is 0 Å². The van der Waals surface area contributed by atoms with Gasteiger partial charge in [0.2, 0.25) is 0 Å². The van der Waals surface area contributed by atoms with Gasteiger partial charge in [-0.25, -0.2) is 0 Å². The Labute approximate surface area is 134 Å². The van der Waals surface area contributed by atoms with E-state index >= 15 is 0 Å². The highest BCUT2D eigenvalue weighted by Gasteiger charge is 2.20. The smallest absolute Gasteiger partial charge is 0.191 e. The molecular weight excluding hydrogens is 274 g/mol. The van der Waals surface area contributed by atoms with Gasteiger partial charge in [0, 0.05) is 26.2 Å². The van der Waals surface area contributed by atoms with Crippen molar-refractivity contribution in [3.8, 4) is 0 Å². The molecule has 1 fully saturated rings. The van der Waals surface area contributed by atoms with Gasteiger partial charge in [-0.05, 0) is 44.1 Å². The number of benzene rings is 1. The highest BCUT2D eigenvalue weighted by Crippen LogP contribution is 2.28. The highest BCUT2D eigenvalue weighted by atomic mass is 16.5. The maximum atomic E-state index is 5.62. The summed E-state index contributed by atoms with van der Waals surface area (Å²) >= 11 is 0. The standard InChI is InChI=1S/C18H29N3O/c1-2-19-18(21-13-14-22-15-17-10-11-17)20-12-6-9-16-7-4-3-5-8-16/h3-5,7-8,17H,2,6,9-15H2,1H3,(H2,19,20,21). The van der Waals surface area contributed by atoms with Gasteiger partial charge in [-0.2, -0.15) is 0 Å². The van der Waals surface area contributed by atoms with Crippen LogP contribution in [0.3, 0.4) is 0 Å². The van der Waals surface area contributed by atoms with E-state index in [0.29, 0.717) is 0 Å². The van der Waals surface area contributed by atoms with Crippen LogP contribution in [0.15, 0.2) is 35.3 Å². The molecule has 0 heterocycles. The lowest BCUT2D eigenvalue weighted by Gasteiger charge is -2.11.